The van der Waals surface area contributed by atoms with Crippen LogP contribution in [0.5, 0.6) is 0 Å². The number of aryl methyl sites for hydroxylation is 1. The molecule has 0 spiro atoms. The lowest BCUT2D eigenvalue weighted by molar-refractivity contribution is -0.115. The van der Waals surface area contributed by atoms with Gasteiger partial charge in [0.15, 0.2) is 5.65 Å². The molecule has 1 aliphatic rings. The van der Waals surface area contributed by atoms with E-state index in [-0.39, 0.29) is 11.9 Å². The summed E-state index contributed by atoms with van der Waals surface area (Å²) in [6.45, 7) is 4.03. The van der Waals surface area contributed by atoms with Crippen molar-refractivity contribution in [3.8, 4) is 0 Å². The highest BCUT2D eigenvalue weighted by Crippen LogP contribution is 2.39. The molecule has 0 fully saturated rings. The minimum Gasteiger partial charge on any atom is -0.462 e. The van der Waals surface area contributed by atoms with Crippen LogP contribution in [0, 0.1) is 0 Å². The van der Waals surface area contributed by atoms with Crippen molar-refractivity contribution in [2.45, 2.75) is 56.4 Å². The average molecular weight is 496 g/mol. The van der Waals surface area contributed by atoms with Crippen LogP contribution < -0.4 is 5.32 Å². The normalized spacial score (nSPS) is 14.2. The van der Waals surface area contributed by atoms with Gasteiger partial charge in [0.2, 0.25) is 11.1 Å². The first-order valence-corrected chi connectivity index (χ1v) is 13.2. The lowest BCUT2D eigenvalue weighted by Gasteiger charge is -2.14. The SMILES string of the molecule is CCOC(=O)c1c(NC(=O)C(CC)Sc2nnc3c(n2)[nH]c2ccccc23)sc2c1CCCC2. The number of aromatic nitrogens is 4. The molecule has 0 saturated heterocycles. The van der Waals surface area contributed by atoms with Gasteiger partial charge in [-0.15, -0.1) is 21.5 Å². The summed E-state index contributed by atoms with van der Waals surface area (Å²) in [6, 6.07) is 7.84. The Balaban J connectivity index is 1.38. The smallest absolute Gasteiger partial charge is 0.341 e. The lowest BCUT2D eigenvalue weighted by atomic mass is 9.95. The fourth-order valence-corrected chi connectivity index (χ4v) is 6.37. The molecule has 34 heavy (non-hydrogen) atoms. The first-order valence-electron chi connectivity index (χ1n) is 11.5. The zero-order chi connectivity index (χ0) is 23.7. The number of thioether (sulfide) groups is 1. The highest BCUT2D eigenvalue weighted by Gasteiger charge is 2.29. The number of ether oxygens (including phenoxy) is 1. The number of H-pyrrole nitrogens is 1. The third kappa shape index (κ3) is 4.27. The van der Waals surface area contributed by atoms with Crippen molar-refractivity contribution in [2.24, 2.45) is 0 Å². The van der Waals surface area contributed by atoms with Gasteiger partial charge in [-0.3, -0.25) is 4.79 Å². The van der Waals surface area contributed by atoms with Crippen LogP contribution in [0.1, 0.15) is 53.9 Å². The Morgan fingerprint density at radius 1 is 1.21 bits per heavy atom. The largest absolute Gasteiger partial charge is 0.462 e. The van der Waals surface area contributed by atoms with E-state index in [2.05, 4.69) is 25.5 Å². The molecule has 176 valence electrons. The van der Waals surface area contributed by atoms with Crippen LogP contribution in [0.4, 0.5) is 5.00 Å². The van der Waals surface area contributed by atoms with Crippen molar-refractivity contribution in [3.05, 3.63) is 40.3 Å². The van der Waals surface area contributed by atoms with E-state index in [1.54, 1.807) is 6.92 Å². The summed E-state index contributed by atoms with van der Waals surface area (Å²) in [5.41, 5.74) is 3.85. The Hall–Kier alpha value is -2.98. The van der Waals surface area contributed by atoms with E-state index < -0.39 is 5.25 Å². The van der Waals surface area contributed by atoms with Crippen molar-refractivity contribution in [1.29, 1.82) is 0 Å². The minimum atomic E-state index is -0.433. The summed E-state index contributed by atoms with van der Waals surface area (Å²) in [5.74, 6) is -0.549. The molecule has 10 heteroatoms. The van der Waals surface area contributed by atoms with Gasteiger partial charge in [-0.25, -0.2) is 9.78 Å². The maximum Gasteiger partial charge on any atom is 0.341 e. The number of hydrogen-bond donors (Lipinski definition) is 2. The number of nitrogens with one attached hydrogen (secondary N) is 2. The molecule has 0 aliphatic heterocycles. The molecule has 1 aliphatic carbocycles. The Bertz CT molecular complexity index is 1380. The van der Waals surface area contributed by atoms with Gasteiger partial charge < -0.3 is 15.0 Å². The van der Waals surface area contributed by atoms with Crippen molar-refractivity contribution in [2.75, 3.05) is 11.9 Å². The van der Waals surface area contributed by atoms with Crippen LogP contribution in [0.2, 0.25) is 0 Å². The number of hydrogen-bond acceptors (Lipinski definition) is 8. The zero-order valence-corrected chi connectivity index (χ0v) is 20.6. The van der Waals surface area contributed by atoms with Gasteiger partial charge in [0, 0.05) is 15.8 Å². The van der Waals surface area contributed by atoms with E-state index in [4.69, 9.17) is 4.74 Å². The van der Waals surface area contributed by atoms with Crippen LogP contribution in [0.15, 0.2) is 29.4 Å². The number of esters is 1. The summed E-state index contributed by atoms with van der Waals surface area (Å²) in [7, 11) is 0. The van der Waals surface area contributed by atoms with Gasteiger partial charge in [0.1, 0.15) is 10.5 Å². The van der Waals surface area contributed by atoms with Crippen LogP contribution in [0.25, 0.3) is 22.1 Å². The Kier molecular flexibility index (Phi) is 6.51. The first-order chi connectivity index (χ1) is 16.6. The van der Waals surface area contributed by atoms with E-state index in [0.29, 0.717) is 39.9 Å². The summed E-state index contributed by atoms with van der Waals surface area (Å²) < 4.78 is 5.30. The summed E-state index contributed by atoms with van der Waals surface area (Å²) in [4.78, 5) is 35.0. The molecule has 0 bridgehead atoms. The Labute approximate surface area is 204 Å². The molecule has 1 amide bonds. The van der Waals surface area contributed by atoms with E-state index in [1.807, 2.05) is 31.2 Å². The molecule has 1 atom stereocenters. The lowest BCUT2D eigenvalue weighted by Crippen LogP contribution is -2.25. The number of carbonyl (C=O) groups is 2. The van der Waals surface area contributed by atoms with Crippen LogP contribution in [0.3, 0.4) is 0 Å². The van der Waals surface area contributed by atoms with Crippen LogP contribution in [-0.4, -0.2) is 43.9 Å². The van der Waals surface area contributed by atoms with Gasteiger partial charge in [-0.05, 0) is 50.7 Å². The van der Waals surface area contributed by atoms with E-state index >= 15 is 0 Å². The number of aromatic amines is 1. The average Bonchev–Trinajstić information content (AvgIpc) is 3.39. The molecular formula is C24H25N5O3S2. The molecule has 8 nitrogen and oxygen atoms in total. The van der Waals surface area contributed by atoms with E-state index in [0.717, 1.165) is 42.1 Å². The third-order valence-electron chi connectivity index (χ3n) is 5.90. The van der Waals surface area contributed by atoms with Crippen molar-refractivity contribution >= 4 is 62.0 Å². The predicted octanol–water partition coefficient (Wildman–Crippen LogP) is 5.13. The number of fused-ring (bicyclic) bond motifs is 4. The van der Waals surface area contributed by atoms with Gasteiger partial charge in [0.05, 0.1) is 17.4 Å². The second-order valence-electron chi connectivity index (χ2n) is 8.10. The van der Waals surface area contributed by atoms with Gasteiger partial charge >= 0.3 is 5.97 Å². The molecule has 0 saturated carbocycles. The highest BCUT2D eigenvalue weighted by atomic mass is 32.2. The second kappa shape index (κ2) is 9.71. The van der Waals surface area contributed by atoms with E-state index in [9.17, 15) is 9.59 Å². The fraction of sp³-hybridized carbons (Fsp3) is 0.375. The first kappa shape index (κ1) is 22.8. The van der Waals surface area contributed by atoms with Crippen molar-refractivity contribution in [3.63, 3.8) is 0 Å². The molecular weight excluding hydrogens is 470 g/mol. The molecule has 1 unspecified atom stereocenters. The summed E-state index contributed by atoms with van der Waals surface area (Å²) >= 11 is 2.76. The maximum atomic E-state index is 13.2. The topological polar surface area (TPSA) is 110 Å². The molecule has 3 aromatic heterocycles. The highest BCUT2D eigenvalue weighted by molar-refractivity contribution is 8.00. The number of nitrogens with zero attached hydrogens (tertiary/aromatic N) is 3. The number of amides is 1. The standard InChI is InChI=1S/C24H25N5O3S2/c1-3-16(34-24-26-20-19(28-29-24)13-9-5-7-11-15(13)25-20)21(30)27-22-18(23(31)32-4-2)14-10-6-8-12-17(14)33-22/h5,7,9,11,16H,3-4,6,8,10,12H2,1-2H3,(H,27,30)(H,25,26,29). The van der Waals surface area contributed by atoms with Gasteiger partial charge in [-0.2, -0.15) is 0 Å². The molecule has 1 aromatic carbocycles. The molecule has 4 aromatic rings. The fourth-order valence-electron chi connectivity index (χ4n) is 4.27. The predicted molar refractivity (Wildman–Crippen MR) is 135 cm³/mol. The number of thiophene rings is 1. The molecule has 0 radical (unpaired) electrons. The third-order valence-corrected chi connectivity index (χ3v) is 8.32. The Morgan fingerprint density at radius 3 is 2.85 bits per heavy atom. The zero-order valence-electron chi connectivity index (χ0n) is 19.0. The number of carbonyl (C=O) groups excluding carboxylic acids is 2. The second-order valence-corrected chi connectivity index (χ2v) is 10.4. The van der Waals surface area contributed by atoms with Crippen molar-refractivity contribution in [1.82, 2.24) is 20.2 Å². The van der Waals surface area contributed by atoms with E-state index in [1.165, 1.54) is 28.0 Å². The number of para-hydroxylation sites is 1. The number of benzene rings is 1. The quantitative estimate of drug-likeness (QED) is 0.270. The number of anilines is 1. The monoisotopic (exact) mass is 495 g/mol. The van der Waals surface area contributed by atoms with Crippen LogP contribution in [-0.2, 0) is 22.4 Å². The van der Waals surface area contributed by atoms with Gasteiger partial charge in [0.25, 0.3) is 0 Å². The molecule has 5 rings (SSSR count). The summed E-state index contributed by atoms with van der Waals surface area (Å²) in [5, 5.41) is 13.2. The molecule has 3 heterocycles. The number of rotatable bonds is 7. The molecule has 2 N–H and O–H groups in total. The summed E-state index contributed by atoms with van der Waals surface area (Å²) in [6.07, 6.45) is 4.48. The van der Waals surface area contributed by atoms with Crippen LogP contribution >= 0.6 is 23.1 Å². The Morgan fingerprint density at radius 2 is 2.03 bits per heavy atom. The van der Waals surface area contributed by atoms with Crippen molar-refractivity contribution < 1.29 is 14.3 Å². The van der Waals surface area contributed by atoms with Gasteiger partial charge in [-0.1, -0.05) is 36.9 Å². The maximum absolute atomic E-state index is 13.2. The minimum absolute atomic E-state index is 0.183.